The monoisotopic (exact) mass is 261 g/mol. The van der Waals surface area contributed by atoms with Gasteiger partial charge in [-0.15, -0.1) is 0 Å². The predicted molar refractivity (Wildman–Crippen MR) is 59.5 cm³/mol. The standard InChI is InChI=1S/C12H14F3NO2/c1-16-11-8-4-2-3-5-9(8)17-6-10(11)18-7-12(13,14)15/h2-5,10-11,16H,6-7H2,1H3. The van der Waals surface area contributed by atoms with Gasteiger partial charge in [-0.25, -0.2) is 0 Å². The molecule has 2 atom stereocenters. The van der Waals surface area contributed by atoms with Gasteiger partial charge in [-0.2, -0.15) is 13.2 Å². The van der Waals surface area contributed by atoms with Crippen molar-refractivity contribution in [2.45, 2.75) is 18.3 Å². The quantitative estimate of drug-likeness (QED) is 0.905. The van der Waals surface area contributed by atoms with Crippen molar-refractivity contribution in [2.75, 3.05) is 20.3 Å². The highest BCUT2D eigenvalue weighted by atomic mass is 19.4. The summed E-state index contributed by atoms with van der Waals surface area (Å²) in [6, 6.07) is 6.96. The summed E-state index contributed by atoms with van der Waals surface area (Å²) in [5.74, 6) is 0.684. The van der Waals surface area contributed by atoms with E-state index in [1.807, 2.05) is 18.2 Å². The van der Waals surface area contributed by atoms with Crippen molar-refractivity contribution >= 4 is 0 Å². The van der Waals surface area contributed by atoms with Crippen molar-refractivity contribution in [2.24, 2.45) is 0 Å². The van der Waals surface area contributed by atoms with Crippen LogP contribution in [0.2, 0.25) is 0 Å². The molecule has 0 spiro atoms. The highest BCUT2D eigenvalue weighted by Crippen LogP contribution is 2.33. The molecule has 18 heavy (non-hydrogen) atoms. The minimum atomic E-state index is -4.32. The number of nitrogens with one attached hydrogen (secondary N) is 1. The van der Waals surface area contributed by atoms with Crippen LogP contribution in [0.1, 0.15) is 11.6 Å². The van der Waals surface area contributed by atoms with Gasteiger partial charge in [0.05, 0.1) is 6.04 Å². The first-order chi connectivity index (χ1) is 8.51. The van der Waals surface area contributed by atoms with Crippen LogP contribution in [-0.2, 0) is 4.74 Å². The number of alkyl halides is 3. The molecule has 1 N–H and O–H groups in total. The molecule has 0 fully saturated rings. The Balaban J connectivity index is 2.11. The smallest absolute Gasteiger partial charge is 0.411 e. The zero-order chi connectivity index (χ0) is 13.2. The van der Waals surface area contributed by atoms with E-state index in [0.29, 0.717) is 5.75 Å². The molecule has 0 aromatic heterocycles. The maximum Gasteiger partial charge on any atom is 0.411 e. The van der Waals surface area contributed by atoms with Crippen LogP contribution in [0.15, 0.2) is 24.3 Å². The van der Waals surface area contributed by atoms with Crippen molar-refractivity contribution in [3.8, 4) is 5.75 Å². The van der Waals surface area contributed by atoms with Crippen LogP contribution in [0, 0.1) is 0 Å². The lowest BCUT2D eigenvalue weighted by Crippen LogP contribution is -2.41. The van der Waals surface area contributed by atoms with Crippen LogP contribution in [-0.4, -0.2) is 32.5 Å². The molecule has 1 aliphatic heterocycles. The molecule has 0 aliphatic carbocycles. The molecular weight excluding hydrogens is 247 g/mol. The second-order valence-electron chi connectivity index (χ2n) is 4.08. The summed E-state index contributed by atoms with van der Waals surface area (Å²) in [6.45, 7) is -1.15. The molecule has 1 aliphatic rings. The number of hydrogen-bond acceptors (Lipinski definition) is 3. The predicted octanol–water partition coefficient (Wildman–Crippen LogP) is 2.29. The third-order valence-corrected chi connectivity index (χ3v) is 2.80. The molecule has 1 aromatic rings. The molecule has 0 amide bonds. The summed E-state index contributed by atoms with van der Waals surface area (Å²) in [7, 11) is 1.69. The van der Waals surface area contributed by atoms with E-state index >= 15 is 0 Å². The first-order valence-corrected chi connectivity index (χ1v) is 5.58. The number of para-hydroxylation sites is 1. The van der Waals surface area contributed by atoms with E-state index in [9.17, 15) is 13.2 Å². The Morgan fingerprint density at radius 1 is 1.39 bits per heavy atom. The number of likely N-dealkylation sites (N-methyl/N-ethyl adjacent to an activating group) is 1. The molecular formula is C12H14F3NO2. The average Bonchev–Trinajstić information content (AvgIpc) is 2.34. The summed E-state index contributed by atoms with van der Waals surface area (Å²) in [5.41, 5.74) is 0.818. The van der Waals surface area contributed by atoms with Crippen molar-refractivity contribution in [3.63, 3.8) is 0 Å². The van der Waals surface area contributed by atoms with E-state index in [-0.39, 0.29) is 12.6 Å². The number of rotatable bonds is 3. The second-order valence-corrected chi connectivity index (χ2v) is 4.08. The zero-order valence-electron chi connectivity index (χ0n) is 9.83. The molecule has 0 bridgehead atoms. The minimum absolute atomic E-state index is 0.110. The summed E-state index contributed by atoms with van der Waals surface area (Å²) in [5, 5.41) is 2.97. The van der Waals surface area contributed by atoms with Crippen LogP contribution < -0.4 is 10.1 Å². The van der Waals surface area contributed by atoms with Crippen LogP contribution in [0.4, 0.5) is 13.2 Å². The van der Waals surface area contributed by atoms with Gasteiger partial charge in [0.15, 0.2) is 0 Å². The largest absolute Gasteiger partial charge is 0.490 e. The Morgan fingerprint density at radius 3 is 2.78 bits per heavy atom. The lowest BCUT2D eigenvalue weighted by molar-refractivity contribution is -0.192. The molecule has 3 nitrogen and oxygen atoms in total. The van der Waals surface area contributed by atoms with Gasteiger partial charge in [0.2, 0.25) is 0 Å². The Labute approximate surface area is 103 Å². The summed E-state index contributed by atoms with van der Waals surface area (Å²) in [6.07, 6.45) is -4.97. The van der Waals surface area contributed by atoms with E-state index in [4.69, 9.17) is 9.47 Å². The number of ether oxygens (including phenoxy) is 2. The first-order valence-electron chi connectivity index (χ1n) is 5.58. The first kappa shape index (κ1) is 13.2. The van der Waals surface area contributed by atoms with Gasteiger partial charge in [0, 0.05) is 5.56 Å². The van der Waals surface area contributed by atoms with Crippen LogP contribution >= 0.6 is 0 Å². The van der Waals surface area contributed by atoms with Crippen LogP contribution in [0.25, 0.3) is 0 Å². The van der Waals surface area contributed by atoms with Crippen molar-refractivity contribution < 1.29 is 22.6 Å². The number of fused-ring (bicyclic) bond motifs is 1. The molecule has 0 saturated heterocycles. The fourth-order valence-electron chi connectivity index (χ4n) is 2.02. The third-order valence-electron chi connectivity index (χ3n) is 2.80. The van der Waals surface area contributed by atoms with E-state index in [0.717, 1.165) is 5.56 Å². The van der Waals surface area contributed by atoms with Crippen molar-refractivity contribution in [1.82, 2.24) is 5.32 Å². The Hall–Kier alpha value is -1.27. The Kier molecular flexibility index (Phi) is 3.77. The van der Waals surface area contributed by atoms with Gasteiger partial charge in [-0.3, -0.25) is 0 Å². The van der Waals surface area contributed by atoms with Gasteiger partial charge in [0.25, 0.3) is 0 Å². The Morgan fingerprint density at radius 2 is 2.11 bits per heavy atom. The summed E-state index contributed by atoms with van der Waals surface area (Å²) >= 11 is 0. The number of benzene rings is 1. The molecule has 0 radical (unpaired) electrons. The Bertz CT molecular complexity index is 409. The maximum absolute atomic E-state index is 12.2. The van der Waals surface area contributed by atoms with Crippen LogP contribution in [0.5, 0.6) is 5.75 Å². The highest BCUT2D eigenvalue weighted by Gasteiger charge is 2.35. The minimum Gasteiger partial charge on any atom is -0.490 e. The van der Waals surface area contributed by atoms with Gasteiger partial charge < -0.3 is 14.8 Å². The van der Waals surface area contributed by atoms with E-state index in [1.165, 1.54) is 0 Å². The fourth-order valence-corrected chi connectivity index (χ4v) is 2.02. The SMILES string of the molecule is CNC1c2ccccc2OCC1OCC(F)(F)F. The molecule has 1 heterocycles. The summed E-state index contributed by atoms with van der Waals surface area (Å²) in [4.78, 5) is 0. The van der Waals surface area contributed by atoms with Crippen LogP contribution in [0.3, 0.4) is 0 Å². The lowest BCUT2D eigenvalue weighted by atomic mass is 9.98. The summed E-state index contributed by atoms with van der Waals surface area (Å²) < 4.78 is 46.8. The maximum atomic E-state index is 12.2. The van der Waals surface area contributed by atoms with E-state index < -0.39 is 18.9 Å². The zero-order valence-corrected chi connectivity index (χ0v) is 9.83. The van der Waals surface area contributed by atoms with Crippen molar-refractivity contribution in [3.05, 3.63) is 29.8 Å². The lowest BCUT2D eigenvalue weighted by Gasteiger charge is -2.33. The van der Waals surface area contributed by atoms with Gasteiger partial charge in [-0.05, 0) is 13.1 Å². The second kappa shape index (κ2) is 5.16. The number of hydrogen-bond donors (Lipinski definition) is 1. The van der Waals surface area contributed by atoms with Gasteiger partial charge in [0.1, 0.15) is 25.1 Å². The molecule has 6 heteroatoms. The third kappa shape index (κ3) is 2.94. The normalized spacial score (nSPS) is 23.3. The number of halogens is 3. The average molecular weight is 261 g/mol. The van der Waals surface area contributed by atoms with Gasteiger partial charge in [-0.1, -0.05) is 18.2 Å². The fraction of sp³-hybridized carbons (Fsp3) is 0.500. The molecule has 100 valence electrons. The molecule has 2 rings (SSSR count). The van der Waals surface area contributed by atoms with E-state index in [1.54, 1.807) is 13.1 Å². The molecule has 2 unspecified atom stereocenters. The van der Waals surface area contributed by atoms with Gasteiger partial charge >= 0.3 is 6.18 Å². The molecule has 1 aromatic carbocycles. The van der Waals surface area contributed by atoms with Crippen molar-refractivity contribution in [1.29, 1.82) is 0 Å². The molecule has 0 saturated carbocycles. The highest BCUT2D eigenvalue weighted by molar-refractivity contribution is 5.38. The topological polar surface area (TPSA) is 30.5 Å². The van der Waals surface area contributed by atoms with E-state index in [2.05, 4.69) is 5.32 Å².